The SMILES string of the molecule is O=C1CCc2c(Oc3ccc4c(c3)C3=C(c5nc6c(C(F)(F)F)cccc6[nH]5)C3O4)ccnc2N1. The molecule has 4 aromatic rings. The zero-order valence-electron chi connectivity index (χ0n) is 17.9. The lowest BCUT2D eigenvalue weighted by Gasteiger charge is -2.19. The summed E-state index contributed by atoms with van der Waals surface area (Å²) in [4.78, 5) is 23.1. The maximum absolute atomic E-state index is 13.4. The highest BCUT2D eigenvalue weighted by atomic mass is 19.4. The van der Waals surface area contributed by atoms with Crippen molar-refractivity contribution < 1.29 is 27.4 Å². The lowest BCUT2D eigenvalue weighted by molar-refractivity contribution is -0.136. The van der Waals surface area contributed by atoms with E-state index in [0.29, 0.717) is 47.2 Å². The third-order valence-electron chi connectivity index (χ3n) is 6.39. The van der Waals surface area contributed by atoms with Crippen LogP contribution in [0, 0.1) is 0 Å². The number of anilines is 1. The van der Waals surface area contributed by atoms with Crippen molar-refractivity contribution in [3.8, 4) is 17.2 Å². The van der Waals surface area contributed by atoms with Gasteiger partial charge in [0.1, 0.15) is 34.4 Å². The van der Waals surface area contributed by atoms with Gasteiger partial charge in [-0.15, -0.1) is 0 Å². The number of nitrogens with one attached hydrogen (secondary N) is 2. The first kappa shape index (κ1) is 20.1. The predicted octanol–water partition coefficient (Wildman–Crippen LogP) is 5.34. The van der Waals surface area contributed by atoms with E-state index in [-0.39, 0.29) is 17.5 Å². The number of hydrogen-bond donors (Lipinski definition) is 2. The van der Waals surface area contributed by atoms with Crippen LogP contribution in [0.25, 0.3) is 22.2 Å². The number of rotatable bonds is 3. The van der Waals surface area contributed by atoms with Crippen molar-refractivity contribution in [2.24, 2.45) is 0 Å². The molecule has 2 aliphatic heterocycles. The number of imidazole rings is 1. The quantitative estimate of drug-likeness (QED) is 0.417. The van der Waals surface area contributed by atoms with Crippen molar-refractivity contribution in [1.82, 2.24) is 15.0 Å². The summed E-state index contributed by atoms with van der Waals surface area (Å²) in [6.45, 7) is 0. The first-order valence-electron chi connectivity index (χ1n) is 10.9. The average Bonchev–Trinajstić information content (AvgIpc) is 3.17. The van der Waals surface area contributed by atoms with Gasteiger partial charge in [-0.3, -0.25) is 4.79 Å². The molecule has 0 saturated carbocycles. The van der Waals surface area contributed by atoms with Gasteiger partial charge >= 0.3 is 6.18 Å². The van der Waals surface area contributed by atoms with Gasteiger partial charge < -0.3 is 19.8 Å². The summed E-state index contributed by atoms with van der Waals surface area (Å²) in [6.07, 6.45) is -2.38. The van der Waals surface area contributed by atoms with Gasteiger partial charge in [0.05, 0.1) is 11.1 Å². The number of hydrogen-bond acceptors (Lipinski definition) is 5. The number of amides is 1. The van der Waals surface area contributed by atoms with Crippen molar-refractivity contribution in [3.63, 3.8) is 0 Å². The van der Waals surface area contributed by atoms with Crippen LogP contribution in [-0.4, -0.2) is 27.0 Å². The zero-order chi connectivity index (χ0) is 23.9. The van der Waals surface area contributed by atoms with E-state index in [9.17, 15) is 18.0 Å². The highest BCUT2D eigenvalue weighted by molar-refractivity contribution is 6.15. The maximum Gasteiger partial charge on any atom is 0.418 e. The highest BCUT2D eigenvalue weighted by Crippen LogP contribution is 2.57. The number of halogens is 3. The second kappa shape index (κ2) is 6.84. The molecular formula is C25H15F3N4O3. The Morgan fingerprint density at radius 3 is 2.83 bits per heavy atom. The first-order chi connectivity index (χ1) is 16.9. The number of ether oxygens (including phenoxy) is 2. The minimum Gasteiger partial charge on any atom is -0.480 e. The van der Waals surface area contributed by atoms with Crippen LogP contribution in [0.5, 0.6) is 17.2 Å². The number of alkyl halides is 3. The van der Waals surface area contributed by atoms with Gasteiger partial charge in [0, 0.05) is 34.9 Å². The van der Waals surface area contributed by atoms with Gasteiger partial charge in [0.15, 0.2) is 6.10 Å². The zero-order valence-corrected chi connectivity index (χ0v) is 17.9. The van der Waals surface area contributed by atoms with Crippen molar-refractivity contribution in [2.75, 3.05) is 5.32 Å². The van der Waals surface area contributed by atoms with E-state index < -0.39 is 11.7 Å². The van der Waals surface area contributed by atoms with Crippen LogP contribution in [0.1, 0.15) is 28.9 Å². The largest absolute Gasteiger partial charge is 0.480 e. The number of nitrogens with zero attached hydrogens (tertiary/aromatic N) is 2. The summed E-state index contributed by atoms with van der Waals surface area (Å²) in [5, 5.41) is 2.75. The molecule has 2 aromatic carbocycles. The normalized spacial score (nSPS) is 18.0. The van der Waals surface area contributed by atoms with Crippen molar-refractivity contribution >= 4 is 33.9 Å². The average molecular weight is 476 g/mol. The lowest BCUT2D eigenvalue weighted by atomic mass is 10.1. The Morgan fingerprint density at radius 2 is 1.97 bits per heavy atom. The summed E-state index contributed by atoms with van der Waals surface area (Å²) < 4.78 is 52.3. The molecule has 2 N–H and O–H groups in total. The monoisotopic (exact) mass is 476 g/mol. The highest BCUT2D eigenvalue weighted by Gasteiger charge is 2.49. The second-order valence-corrected chi connectivity index (χ2v) is 8.55. The smallest absolute Gasteiger partial charge is 0.418 e. The molecule has 1 amide bonds. The molecule has 2 aromatic heterocycles. The molecule has 3 aliphatic rings. The molecule has 0 saturated heterocycles. The Balaban J connectivity index is 1.23. The molecular weight excluding hydrogens is 461 g/mol. The van der Waals surface area contributed by atoms with E-state index in [1.54, 1.807) is 30.5 Å². The molecule has 7 rings (SSSR count). The number of pyridine rings is 1. The summed E-state index contributed by atoms with van der Waals surface area (Å²) >= 11 is 0. The number of fused-ring (bicyclic) bond motifs is 5. The molecule has 4 heterocycles. The second-order valence-electron chi connectivity index (χ2n) is 8.55. The Bertz CT molecular complexity index is 1610. The molecule has 1 aliphatic carbocycles. The third kappa shape index (κ3) is 3.09. The van der Waals surface area contributed by atoms with E-state index in [2.05, 4.69) is 20.3 Å². The molecule has 0 radical (unpaired) electrons. The molecule has 0 bridgehead atoms. The van der Waals surface area contributed by atoms with Gasteiger partial charge in [-0.1, -0.05) is 6.07 Å². The molecule has 174 valence electrons. The Hall–Kier alpha value is -4.34. The number of H-pyrrole nitrogens is 1. The number of aromatic amines is 1. The van der Waals surface area contributed by atoms with Crippen molar-refractivity contribution in [3.05, 3.63) is 71.2 Å². The molecule has 7 nitrogen and oxygen atoms in total. The van der Waals surface area contributed by atoms with Crippen LogP contribution in [0.3, 0.4) is 0 Å². The molecule has 0 spiro atoms. The van der Waals surface area contributed by atoms with E-state index >= 15 is 0 Å². The molecule has 0 fully saturated rings. The predicted molar refractivity (Wildman–Crippen MR) is 120 cm³/mol. The van der Waals surface area contributed by atoms with Crippen LogP contribution in [-0.2, 0) is 17.4 Å². The van der Waals surface area contributed by atoms with Gasteiger partial charge in [0.25, 0.3) is 0 Å². The van der Waals surface area contributed by atoms with Gasteiger partial charge in [0.2, 0.25) is 5.91 Å². The number of benzene rings is 2. The Kier molecular flexibility index (Phi) is 3.92. The fourth-order valence-electron chi connectivity index (χ4n) is 4.74. The fourth-order valence-corrected chi connectivity index (χ4v) is 4.74. The lowest BCUT2D eigenvalue weighted by Crippen LogP contribution is -2.20. The van der Waals surface area contributed by atoms with E-state index in [4.69, 9.17) is 9.47 Å². The van der Waals surface area contributed by atoms with E-state index in [1.807, 2.05) is 6.07 Å². The number of carbonyl (C=O) groups is 1. The topological polar surface area (TPSA) is 89.1 Å². The molecule has 1 unspecified atom stereocenters. The van der Waals surface area contributed by atoms with Gasteiger partial charge in [-0.2, -0.15) is 13.2 Å². The summed E-state index contributed by atoms with van der Waals surface area (Å²) in [5.41, 5.74) is 2.69. The van der Waals surface area contributed by atoms with Crippen LogP contribution in [0.2, 0.25) is 0 Å². The first-order valence-corrected chi connectivity index (χ1v) is 10.9. The maximum atomic E-state index is 13.4. The van der Waals surface area contributed by atoms with E-state index in [1.165, 1.54) is 6.07 Å². The summed E-state index contributed by atoms with van der Waals surface area (Å²) in [7, 11) is 0. The summed E-state index contributed by atoms with van der Waals surface area (Å²) in [6, 6.07) is 11.1. The van der Waals surface area contributed by atoms with Crippen LogP contribution < -0.4 is 14.8 Å². The standard InChI is InChI=1S/C25H15F3N4O3/c26-25(27,28)14-2-1-3-15-21(14)32-24(30-15)20-19-13-10-11(4-6-16(13)35-22(19)20)34-17-8-9-29-23-12(17)5-7-18(33)31-23/h1-4,6,8-10,22H,5,7H2,(H,30,32)(H,29,31,33). The molecule has 1 atom stereocenters. The summed E-state index contributed by atoms with van der Waals surface area (Å²) in [5.74, 6) is 2.64. The molecule has 35 heavy (non-hydrogen) atoms. The molecule has 10 heteroatoms. The van der Waals surface area contributed by atoms with Crippen LogP contribution in [0.4, 0.5) is 19.0 Å². The van der Waals surface area contributed by atoms with Crippen molar-refractivity contribution in [2.45, 2.75) is 25.1 Å². The minimum absolute atomic E-state index is 0.0796. The van der Waals surface area contributed by atoms with Gasteiger partial charge in [-0.25, -0.2) is 9.97 Å². The number of para-hydroxylation sites is 1. The van der Waals surface area contributed by atoms with Crippen LogP contribution in [0.15, 0.2) is 48.7 Å². The Labute approximate surface area is 195 Å². The fraction of sp³-hybridized carbons (Fsp3) is 0.160. The Morgan fingerprint density at radius 1 is 1.09 bits per heavy atom. The van der Waals surface area contributed by atoms with Gasteiger partial charge in [-0.05, 0) is 42.8 Å². The number of carbonyl (C=O) groups excluding carboxylic acids is 1. The minimum atomic E-state index is -4.49. The third-order valence-corrected chi connectivity index (χ3v) is 6.39. The van der Waals surface area contributed by atoms with Crippen LogP contribution >= 0.6 is 0 Å². The van der Waals surface area contributed by atoms with E-state index in [0.717, 1.165) is 28.3 Å². The number of aromatic nitrogens is 3. The van der Waals surface area contributed by atoms with Crippen molar-refractivity contribution in [1.29, 1.82) is 0 Å².